The van der Waals surface area contributed by atoms with Gasteiger partial charge in [-0.05, 0) is 45.0 Å². The number of nitrogens with one attached hydrogen (secondary N) is 1. The summed E-state index contributed by atoms with van der Waals surface area (Å²) < 4.78 is 29.6. The molecule has 0 spiro atoms. The SMILES string of the molecule is CC(=O)c1cccc(NC(=O)[C@H](C)OC(=O)CCS(=O)(=O)c2ccc(C)cc2)c1. The maximum absolute atomic E-state index is 12.3. The Labute approximate surface area is 170 Å². The second-order valence-electron chi connectivity index (χ2n) is 6.64. The molecule has 0 saturated carbocycles. The summed E-state index contributed by atoms with van der Waals surface area (Å²) in [7, 11) is -3.62. The van der Waals surface area contributed by atoms with Gasteiger partial charge in [-0.25, -0.2) is 8.42 Å². The van der Waals surface area contributed by atoms with E-state index in [1.165, 1.54) is 32.0 Å². The molecule has 7 nitrogen and oxygen atoms in total. The van der Waals surface area contributed by atoms with Crippen molar-refractivity contribution in [3.05, 3.63) is 59.7 Å². The van der Waals surface area contributed by atoms with E-state index in [2.05, 4.69) is 5.32 Å². The molecule has 0 aliphatic heterocycles. The summed E-state index contributed by atoms with van der Waals surface area (Å²) in [5.74, 6) is -1.93. The number of sulfone groups is 1. The Balaban J connectivity index is 1.89. The first-order valence-corrected chi connectivity index (χ1v) is 10.6. The molecule has 0 radical (unpaired) electrons. The first kappa shape index (κ1) is 22.3. The number of rotatable bonds is 8. The highest BCUT2D eigenvalue weighted by Gasteiger charge is 2.21. The molecule has 2 rings (SSSR count). The average Bonchev–Trinajstić information content (AvgIpc) is 2.67. The van der Waals surface area contributed by atoms with Gasteiger partial charge in [-0.15, -0.1) is 0 Å². The molecule has 0 unspecified atom stereocenters. The molecule has 0 heterocycles. The fraction of sp³-hybridized carbons (Fsp3) is 0.286. The Morgan fingerprint density at radius 2 is 1.72 bits per heavy atom. The smallest absolute Gasteiger partial charge is 0.307 e. The molecule has 0 aliphatic carbocycles. The summed E-state index contributed by atoms with van der Waals surface area (Å²) in [4.78, 5) is 35.7. The molecular formula is C21H23NO6S. The van der Waals surface area contributed by atoms with Crippen LogP contribution in [-0.2, 0) is 24.2 Å². The number of benzene rings is 2. The molecule has 1 amide bonds. The van der Waals surface area contributed by atoms with Crippen LogP contribution in [0, 0.1) is 6.92 Å². The van der Waals surface area contributed by atoms with Crippen LogP contribution in [0.25, 0.3) is 0 Å². The largest absolute Gasteiger partial charge is 0.453 e. The van der Waals surface area contributed by atoms with Crippen molar-refractivity contribution in [1.29, 1.82) is 0 Å². The number of amides is 1. The maximum atomic E-state index is 12.3. The van der Waals surface area contributed by atoms with Crippen LogP contribution >= 0.6 is 0 Å². The number of ether oxygens (including phenoxy) is 1. The molecule has 0 fully saturated rings. The normalized spacial score (nSPS) is 12.1. The lowest BCUT2D eigenvalue weighted by Crippen LogP contribution is -2.30. The molecule has 1 N–H and O–H groups in total. The van der Waals surface area contributed by atoms with Crippen molar-refractivity contribution >= 4 is 33.2 Å². The highest BCUT2D eigenvalue weighted by atomic mass is 32.2. The van der Waals surface area contributed by atoms with Crippen molar-refractivity contribution in [2.45, 2.75) is 38.2 Å². The number of aryl methyl sites for hydroxylation is 1. The quantitative estimate of drug-likeness (QED) is 0.523. The monoisotopic (exact) mass is 417 g/mol. The fourth-order valence-electron chi connectivity index (χ4n) is 2.45. The molecule has 0 aliphatic rings. The van der Waals surface area contributed by atoms with Crippen LogP contribution in [-0.4, -0.2) is 37.9 Å². The van der Waals surface area contributed by atoms with Crippen molar-refractivity contribution in [2.75, 3.05) is 11.1 Å². The summed E-state index contributed by atoms with van der Waals surface area (Å²) in [5.41, 5.74) is 1.76. The Morgan fingerprint density at radius 1 is 1.07 bits per heavy atom. The van der Waals surface area contributed by atoms with Crippen LogP contribution in [0.15, 0.2) is 53.4 Å². The zero-order valence-electron chi connectivity index (χ0n) is 16.5. The lowest BCUT2D eigenvalue weighted by molar-refractivity contribution is -0.152. The molecule has 0 saturated heterocycles. The van der Waals surface area contributed by atoms with Crippen LogP contribution in [0.2, 0.25) is 0 Å². The van der Waals surface area contributed by atoms with Crippen molar-refractivity contribution in [3.8, 4) is 0 Å². The molecule has 2 aromatic carbocycles. The second-order valence-corrected chi connectivity index (χ2v) is 8.75. The van der Waals surface area contributed by atoms with E-state index in [4.69, 9.17) is 4.74 Å². The molecule has 0 bridgehead atoms. The van der Waals surface area contributed by atoms with Gasteiger partial charge in [-0.2, -0.15) is 0 Å². The van der Waals surface area contributed by atoms with Gasteiger partial charge >= 0.3 is 5.97 Å². The van der Waals surface area contributed by atoms with Crippen molar-refractivity contribution in [1.82, 2.24) is 0 Å². The van der Waals surface area contributed by atoms with E-state index in [9.17, 15) is 22.8 Å². The van der Waals surface area contributed by atoms with Gasteiger partial charge in [0.15, 0.2) is 21.7 Å². The summed E-state index contributed by atoms with van der Waals surface area (Å²) in [6.07, 6.45) is -1.49. The lowest BCUT2D eigenvalue weighted by atomic mass is 10.1. The number of hydrogen-bond acceptors (Lipinski definition) is 6. The molecule has 1 atom stereocenters. The van der Waals surface area contributed by atoms with E-state index in [1.807, 2.05) is 6.92 Å². The Kier molecular flexibility index (Phi) is 7.28. The summed E-state index contributed by atoms with van der Waals surface area (Å²) >= 11 is 0. The predicted molar refractivity (Wildman–Crippen MR) is 108 cm³/mol. The zero-order chi connectivity index (χ0) is 21.6. The van der Waals surface area contributed by atoms with Crippen molar-refractivity contribution in [2.24, 2.45) is 0 Å². The number of Topliss-reactive ketones (excluding diaryl/α,β-unsaturated/α-hetero) is 1. The topological polar surface area (TPSA) is 107 Å². The highest BCUT2D eigenvalue weighted by Crippen LogP contribution is 2.14. The zero-order valence-corrected chi connectivity index (χ0v) is 17.3. The predicted octanol–water partition coefficient (Wildman–Crippen LogP) is 2.93. The number of carbonyl (C=O) groups excluding carboxylic acids is 3. The lowest BCUT2D eigenvalue weighted by Gasteiger charge is -2.14. The summed E-state index contributed by atoms with van der Waals surface area (Å²) in [6.45, 7) is 4.64. The van der Waals surface area contributed by atoms with Crippen LogP contribution in [0.4, 0.5) is 5.69 Å². The van der Waals surface area contributed by atoms with Gasteiger partial charge in [-0.1, -0.05) is 29.8 Å². The third-order valence-corrected chi connectivity index (χ3v) is 5.90. The van der Waals surface area contributed by atoms with E-state index < -0.39 is 33.6 Å². The maximum Gasteiger partial charge on any atom is 0.307 e. The second kappa shape index (κ2) is 9.47. The van der Waals surface area contributed by atoms with Crippen LogP contribution < -0.4 is 5.32 Å². The van der Waals surface area contributed by atoms with Gasteiger partial charge < -0.3 is 10.1 Å². The van der Waals surface area contributed by atoms with Gasteiger partial charge in [0.2, 0.25) is 0 Å². The van der Waals surface area contributed by atoms with Gasteiger partial charge in [0.05, 0.1) is 17.1 Å². The van der Waals surface area contributed by atoms with E-state index in [0.717, 1.165) is 5.56 Å². The van der Waals surface area contributed by atoms with E-state index in [0.29, 0.717) is 11.3 Å². The molecule has 8 heteroatoms. The summed E-state index contributed by atoms with van der Waals surface area (Å²) in [5, 5.41) is 2.56. The summed E-state index contributed by atoms with van der Waals surface area (Å²) in [6, 6.07) is 12.7. The molecule has 154 valence electrons. The Hall–Kier alpha value is -3.00. The van der Waals surface area contributed by atoms with E-state index in [-0.39, 0.29) is 17.1 Å². The van der Waals surface area contributed by atoms with Crippen molar-refractivity contribution in [3.63, 3.8) is 0 Å². The molecular weight excluding hydrogens is 394 g/mol. The molecule has 29 heavy (non-hydrogen) atoms. The number of ketones is 1. The Morgan fingerprint density at radius 3 is 2.34 bits per heavy atom. The third-order valence-electron chi connectivity index (χ3n) is 4.17. The minimum absolute atomic E-state index is 0.132. The van der Waals surface area contributed by atoms with Crippen molar-refractivity contribution < 1.29 is 27.5 Å². The van der Waals surface area contributed by atoms with Crippen LogP contribution in [0.5, 0.6) is 0 Å². The number of hydrogen-bond donors (Lipinski definition) is 1. The van der Waals surface area contributed by atoms with E-state index in [1.54, 1.807) is 30.3 Å². The van der Waals surface area contributed by atoms with Gasteiger partial charge in [0.1, 0.15) is 0 Å². The standard InChI is InChI=1S/C21H23NO6S/c1-14-7-9-19(10-8-14)29(26,27)12-11-20(24)28-16(3)21(25)22-18-6-4-5-17(13-18)15(2)23/h4-10,13,16H,11-12H2,1-3H3,(H,22,25)/t16-/m0/s1. The first-order chi connectivity index (χ1) is 13.6. The Bertz CT molecular complexity index is 1010. The highest BCUT2D eigenvalue weighted by molar-refractivity contribution is 7.91. The van der Waals surface area contributed by atoms with Crippen LogP contribution in [0.1, 0.15) is 36.2 Å². The number of anilines is 1. The van der Waals surface area contributed by atoms with E-state index >= 15 is 0 Å². The number of esters is 1. The van der Waals surface area contributed by atoms with Gasteiger partial charge in [0.25, 0.3) is 5.91 Å². The number of carbonyl (C=O) groups is 3. The minimum atomic E-state index is -3.62. The third kappa shape index (κ3) is 6.53. The first-order valence-electron chi connectivity index (χ1n) is 8.99. The minimum Gasteiger partial charge on any atom is -0.453 e. The molecule has 0 aromatic heterocycles. The fourth-order valence-corrected chi connectivity index (χ4v) is 3.67. The van der Waals surface area contributed by atoms with Gasteiger partial charge in [-0.3, -0.25) is 14.4 Å². The average molecular weight is 417 g/mol. The van der Waals surface area contributed by atoms with Crippen LogP contribution in [0.3, 0.4) is 0 Å². The molecule has 2 aromatic rings. The van der Waals surface area contributed by atoms with Gasteiger partial charge in [0, 0.05) is 11.3 Å².